The van der Waals surface area contributed by atoms with Gasteiger partial charge in [-0.25, -0.2) is 4.79 Å². The summed E-state index contributed by atoms with van der Waals surface area (Å²) in [5.74, 6) is -0.421. The fraction of sp³-hybridized carbons (Fsp3) is 0.286. The average Bonchev–Trinajstić information content (AvgIpc) is 2.88. The zero-order chi connectivity index (χ0) is 13.4. The zero-order valence-corrected chi connectivity index (χ0v) is 10.8. The predicted octanol–water partition coefficient (Wildman–Crippen LogP) is 2.43. The molecule has 0 amide bonds. The van der Waals surface area contributed by atoms with Crippen molar-refractivity contribution in [3.8, 4) is 5.75 Å². The molecule has 1 aromatic carbocycles. The molecular formula is C14H11ClO4. The molecule has 19 heavy (non-hydrogen) atoms. The Bertz CT molecular complexity index is 717. The SMILES string of the molecule is O=C(CCl)Oc1ccc2c3c(c(=O)oc2c1)CCC3. The highest BCUT2D eigenvalue weighted by molar-refractivity contribution is 6.26. The molecule has 0 bridgehead atoms. The molecule has 3 rings (SSSR count). The fourth-order valence-corrected chi connectivity index (χ4v) is 2.54. The van der Waals surface area contributed by atoms with E-state index < -0.39 is 5.97 Å². The van der Waals surface area contributed by atoms with E-state index in [9.17, 15) is 9.59 Å². The summed E-state index contributed by atoms with van der Waals surface area (Å²) in [5, 5.41) is 0.915. The number of benzene rings is 1. The maximum Gasteiger partial charge on any atom is 0.339 e. The van der Waals surface area contributed by atoms with Crippen molar-refractivity contribution in [1.29, 1.82) is 0 Å². The Labute approximate surface area is 113 Å². The zero-order valence-electron chi connectivity index (χ0n) is 10.1. The number of carbonyl (C=O) groups is 1. The van der Waals surface area contributed by atoms with Crippen molar-refractivity contribution in [2.24, 2.45) is 0 Å². The van der Waals surface area contributed by atoms with Crippen molar-refractivity contribution >= 4 is 28.5 Å². The molecule has 0 unspecified atom stereocenters. The van der Waals surface area contributed by atoms with Crippen molar-refractivity contribution in [3.05, 3.63) is 39.7 Å². The van der Waals surface area contributed by atoms with Gasteiger partial charge < -0.3 is 9.15 Å². The number of hydrogen-bond acceptors (Lipinski definition) is 4. The lowest BCUT2D eigenvalue weighted by Crippen LogP contribution is -2.09. The smallest absolute Gasteiger partial charge is 0.339 e. The standard InChI is InChI=1S/C14H11ClO4/c15-7-13(16)18-8-4-5-10-9-2-1-3-11(9)14(17)19-12(10)6-8/h4-6H,1-3,7H2. The lowest BCUT2D eigenvalue weighted by molar-refractivity contribution is -0.131. The van der Waals surface area contributed by atoms with Crippen molar-refractivity contribution in [2.75, 3.05) is 5.88 Å². The number of rotatable bonds is 2. The molecule has 98 valence electrons. The van der Waals surface area contributed by atoms with Crippen LogP contribution >= 0.6 is 11.6 Å². The number of carbonyl (C=O) groups excluding carboxylic acids is 1. The number of halogens is 1. The van der Waals surface area contributed by atoms with Crippen LogP contribution < -0.4 is 10.4 Å². The van der Waals surface area contributed by atoms with Crippen LogP contribution in [0, 0.1) is 0 Å². The van der Waals surface area contributed by atoms with E-state index in [-0.39, 0.29) is 11.5 Å². The summed E-state index contributed by atoms with van der Waals surface area (Å²) >= 11 is 5.37. The van der Waals surface area contributed by atoms with Crippen LogP contribution in [0.25, 0.3) is 11.0 Å². The minimum atomic E-state index is -0.537. The van der Waals surface area contributed by atoms with Crippen LogP contribution in [0.1, 0.15) is 17.5 Å². The molecule has 2 aromatic rings. The van der Waals surface area contributed by atoms with E-state index in [4.69, 9.17) is 20.8 Å². The third kappa shape index (κ3) is 2.12. The third-order valence-electron chi connectivity index (χ3n) is 3.29. The first-order valence-corrected chi connectivity index (χ1v) is 6.58. The Hall–Kier alpha value is -1.81. The Morgan fingerprint density at radius 3 is 2.89 bits per heavy atom. The largest absolute Gasteiger partial charge is 0.426 e. The van der Waals surface area contributed by atoms with Crippen LogP contribution in [0.4, 0.5) is 0 Å². The van der Waals surface area contributed by atoms with Crippen LogP contribution in [0.3, 0.4) is 0 Å². The summed E-state index contributed by atoms with van der Waals surface area (Å²) in [4.78, 5) is 22.9. The molecule has 1 aliphatic rings. The second kappa shape index (κ2) is 4.70. The molecule has 5 heteroatoms. The number of fused-ring (bicyclic) bond motifs is 3. The maximum absolute atomic E-state index is 11.8. The van der Waals surface area contributed by atoms with E-state index in [0.29, 0.717) is 11.3 Å². The molecule has 0 saturated heterocycles. The summed E-state index contributed by atoms with van der Waals surface area (Å²) in [5.41, 5.74) is 1.99. The van der Waals surface area contributed by atoms with Gasteiger partial charge in [0, 0.05) is 17.0 Å². The Morgan fingerprint density at radius 1 is 1.32 bits per heavy atom. The van der Waals surface area contributed by atoms with Crippen molar-refractivity contribution in [3.63, 3.8) is 0 Å². The van der Waals surface area contributed by atoms with Crippen molar-refractivity contribution < 1.29 is 13.9 Å². The Morgan fingerprint density at radius 2 is 2.11 bits per heavy atom. The van der Waals surface area contributed by atoms with Crippen molar-refractivity contribution in [1.82, 2.24) is 0 Å². The van der Waals surface area contributed by atoms with Crippen LogP contribution in [0.5, 0.6) is 5.75 Å². The van der Waals surface area contributed by atoms with E-state index in [2.05, 4.69) is 0 Å². The first kappa shape index (κ1) is 12.2. The first-order chi connectivity index (χ1) is 9.19. The number of esters is 1. The van der Waals surface area contributed by atoms with E-state index in [1.165, 1.54) is 0 Å². The number of aryl methyl sites for hydroxylation is 1. The Kier molecular flexibility index (Phi) is 3.03. The monoisotopic (exact) mass is 278 g/mol. The summed E-state index contributed by atoms with van der Waals surface area (Å²) in [6.45, 7) is 0. The molecule has 0 saturated carbocycles. The number of alkyl halides is 1. The van der Waals surface area contributed by atoms with Gasteiger partial charge >= 0.3 is 11.6 Å². The molecule has 0 N–H and O–H groups in total. The summed E-state index contributed by atoms with van der Waals surface area (Å²) < 4.78 is 10.3. The minimum Gasteiger partial charge on any atom is -0.426 e. The quantitative estimate of drug-likeness (QED) is 0.366. The molecule has 0 atom stereocenters. The van der Waals surface area contributed by atoms with Gasteiger partial charge in [-0.2, -0.15) is 0 Å². The second-order valence-corrected chi connectivity index (χ2v) is 4.73. The van der Waals surface area contributed by atoms with Crippen LogP contribution in [-0.4, -0.2) is 11.8 Å². The molecule has 1 aliphatic carbocycles. The molecule has 1 aromatic heterocycles. The molecule has 0 aliphatic heterocycles. The topological polar surface area (TPSA) is 56.5 Å². The van der Waals surface area contributed by atoms with Gasteiger partial charge in [-0.1, -0.05) is 0 Å². The fourth-order valence-electron chi connectivity index (χ4n) is 2.49. The van der Waals surface area contributed by atoms with Gasteiger partial charge in [-0.05, 0) is 37.0 Å². The van der Waals surface area contributed by atoms with Crippen LogP contribution in [0.2, 0.25) is 0 Å². The van der Waals surface area contributed by atoms with Gasteiger partial charge in [-0.15, -0.1) is 11.6 Å². The van der Waals surface area contributed by atoms with Crippen molar-refractivity contribution in [2.45, 2.75) is 19.3 Å². The molecular weight excluding hydrogens is 268 g/mol. The van der Waals surface area contributed by atoms with E-state index in [0.717, 1.165) is 35.8 Å². The maximum atomic E-state index is 11.8. The van der Waals surface area contributed by atoms with E-state index in [1.54, 1.807) is 12.1 Å². The van der Waals surface area contributed by atoms with Gasteiger partial charge in [0.1, 0.15) is 17.2 Å². The van der Waals surface area contributed by atoms with Crippen LogP contribution in [-0.2, 0) is 17.6 Å². The first-order valence-electron chi connectivity index (χ1n) is 6.04. The second-order valence-electron chi connectivity index (χ2n) is 4.47. The number of ether oxygens (including phenoxy) is 1. The highest BCUT2D eigenvalue weighted by Crippen LogP contribution is 2.29. The van der Waals surface area contributed by atoms with Gasteiger partial charge in [0.05, 0.1) is 0 Å². The average molecular weight is 279 g/mol. The molecule has 0 spiro atoms. The Balaban J connectivity index is 2.12. The lowest BCUT2D eigenvalue weighted by Gasteiger charge is -2.06. The number of hydrogen-bond donors (Lipinski definition) is 0. The molecule has 0 fully saturated rings. The van der Waals surface area contributed by atoms with Crippen LogP contribution in [0.15, 0.2) is 27.4 Å². The summed E-state index contributed by atoms with van der Waals surface area (Å²) in [6, 6.07) is 5.06. The molecule has 0 radical (unpaired) electrons. The minimum absolute atomic E-state index is 0.216. The molecule has 4 nitrogen and oxygen atoms in total. The van der Waals surface area contributed by atoms with Gasteiger partial charge in [0.25, 0.3) is 0 Å². The van der Waals surface area contributed by atoms with E-state index >= 15 is 0 Å². The van der Waals surface area contributed by atoms with Gasteiger partial charge in [0.15, 0.2) is 0 Å². The lowest BCUT2D eigenvalue weighted by atomic mass is 10.1. The van der Waals surface area contributed by atoms with Gasteiger partial charge in [-0.3, -0.25) is 4.79 Å². The normalized spacial score (nSPS) is 13.5. The van der Waals surface area contributed by atoms with Gasteiger partial charge in [0.2, 0.25) is 0 Å². The summed E-state index contributed by atoms with van der Waals surface area (Å²) in [6.07, 6.45) is 2.64. The summed E-state index contributed by atoms with van der Waals surface area (Å²) in [7, 11) is 0. The third-order valence-corrected chi connectivity index (χ3v) is 3.50. The predicted molar refractivity (Wildman–Crippen MR) is 70.9 cm³/mol. The molecule has 1 heterocycles. The highest BCUT2D eigenvalue weighted by Gasteiger charge is 2.19. The van der Waals surface area contributed by atoms with E-state index in [1.807, 2.05) is 6.07 Å². The highest BCUT2D eigenvalue weighted by atomic mass is 35.5.